The van der Waals surface area contributed by atoms with Gasteiger partial charge in [0.2, 0.25) is 5.91 Å². The Morgan fingerprint density at radius 3 is 2.83 bits per heavy atom. The van der Waals surface area contributed by atoms with Gasteiger partial charge >= 0.3 is 0 Å². The van der Waals surface area contributed by atoms with Crippen LogP contribution in [0, 0.1) is 23.1 Å². The van der Waals surface area contributed by atoms with Gasteiger partial charge in [-0.2, -0.15) is 5.26 Å². The minimum atomic E-state index is -0.620. The number of rotatable bonds is 4. The van der Waals surface area contributed by atoms with Gasteiger partial charge in [0.15, 0.2) is 0 Å². The monoisotopic (exact) mass is 249 g/mol. The second kappa shape index (κ2) is 6.12. The molecule has 0 fully saturated rings. The van der Waals surface area contributed by atoms with E-state index in [-0.39, 0.29) is 17.4 Å². The molecule has 1 rings (SSSR count). The number of amides is 1. The molecule has 0 aromatic heterocycles. The zero-order valence-corrected chi connectivity index (χ0v) is 10.4. The minimum absolute atomic E-state index is 0.0564. The molecule has 1 amide bonds. The number of hydrogen-bond acceptors (Lipinski definition) is 3. The first-order valence-electron chi connectivity index (χ1n) is 5.75. The van der Waals surface area contributed by atoms with Crippen molar-refractivity contribution in [3.05, 3.63) is 29.6 Å². The lowest BCUT2D eigenvalue weighted by Gasteiger charge is -2.17. The normalized spacial score (nSPS) is 13.5. The van der Waals surface area contributed by atoms with Crippen LogP contribution in [0.4, 0.5) is 10.1 Å². The summed E-state index contributed by atoms with van der Waals surface area (Å²) in [5.74, 6) is -0.887. The Kier molecular flexibility index (Phi) is 4.81. The number of benzene rings is 1. The summed E-state index contributed by atoms with van der Waals surface area (Å²) in [6.45, 7) is 3.83. The highest BCUT2D eigenvalue weighted by Gasteiger charge is 2.19. The largest absolute Gasteiger partial charge is 0.325 e. The van der Waals surface area contributed by atoms with Crippen molar-refractivity contribution in [3.8, 4) is 6.07 Å². The van der Waals surface area contributed by atoms with E-state index in [4.69, 9.17) is 11.0 Å². The Morgan fingerprint density at radius 2 is 2.28 bits per heavy atom. The van der Waals surface area contributed by atoms with E-state index >= 15 is 0 Å². The zero-order valence-electron chi connectivity index (χ0n) is 10.4. The van der Waals surface area contributed by atoms with Crippen molar-refractivity contribution in [3.63, 3.8) is 0 Å². The third-order valence-electron chi connectivity index (χ3n) is 2.91. The summed E-state index contributed by atoms with van der Waals surface area (Å²) in [5.41, 5.74) is 6.03. The van der Waals surface area contributed by atoms with Crippen LogP contribution in [0.5, 0.6) is 0 Å². The van der Waals surface area contributed by atoms with Crippen molar-refractivity contribution >= 4 is 11.6 Å². The molecule has 0 saturated heterocycles. The lowest BCUT2D eigenvalue weighted by Crippen LogP contribution is -2.40. The van der Waals surface area contributed by atoms with Gasteiger partial charge in [-0.3, -0.25) is 4.79 Å². The Morgan fingerprint density at radius 1 is 1.61 bits per heavy atom. The number of hydrogen-bond donors (Lipinski definition) is 2. The molecule has 0 spiro atoms. The zero-order chi connectivity index (χ0) is 13.7. The van der Waals surface area contributed by atoms with E-state index in [9.17, 15) is 9.18 Å². The molecule has 0 saturated carbocycles. The van der Waals surface area contributed by atoms with Crippen LogP contribution >= 0.6 is 0 Å². The first kappa shape index (κ1) is 14.1. The molecular formula is C13H16FN3O. The highest BCUT2D eigenvalue weighted by Crippen LogP contribution is 2.15. The average molecular weight is 249 g/mol. The third kappa shape index (κ3) is 3.28. The molecule has 2 atom stereocenters. The van der Waals surface area contributed by atoms with Gasteiger partial charge in [0.25, 0.3) is 0 Å². The first-order valence-corrected chi connectivity index (χ1v) is 5.75. The predicted molar refractivity (Wildman–Crippen MR) is 67.2 cm³/mol. The number of nitrogens with two attached hydrogens (primary N) is 1. The number of nitriles is 1. The fourth-order valence-corrected chi connectivity index (χ4v) is 1.43. The topological polar surface area (TPSA) is 78.9 Å². The number of nitrogens with one attached hydrogen (secondary N) is 1. The fraction of sp³-hybridized carbons (Fsp3) is 0.385. The van der Waals surface area contributed by atoms with Crippen LogP contribution in [0.15, 0.2) is 18.2 Å². The minimum Gasteiger partial charge on any atom is -0.325 e. The summed E-state index contributed by atoms with van der Waals surface area (Å²) in [4.78, 5) is 11.8. The van der Waals surface area contributed by atoms with Crippen LogP contribution in [-0.2, 0) is 4.79 Å². The fourth-order valence-electron chi connectivity index (χ4n) is 1.43. The maximum absolute atomic E-state index is 13.1. The van der Waals surface area contributed by atoms with Gasteiger partial charge < -0.3 is 11.1 Å². The number of nitrogens with zero attached hydrogens (tertiary/aromatic N) is 1. The molecule has 4 nitrogen and oxygen atoms in total. The van der Waals surface area contributed by atoms with Crippen molar-refractivity contribution < 1.29 is 9.18 Å². The number of halogens is 1. The van der Waals surface area contributed by atoms with Gasteiger partial charge in [0.05, 0.1) is 11.6 Å². The molecule has 1 aromatic rings. The maximum atomic E-state index is 13.1. The molecule has 18 heavy (non-hydrogen) atoms. The van der Waals surface area contributed by atoms with Gasteiger partial charge in [-0.05, 0) is 24.1 Å². The molecule has 0 aliphatic carbocycles. The third-order valence-corrected chi connectivity index (χ3v) is 2.91. The van der Waals surface area contributed by atoms with Crippen LogP contribution in [0.1, 0.15) is 25.8 Å². The van der Waals surface area contributed by atoms with Crippen molar-refractivity contribution in [1.29, 1.82) is 5.26 Å². The van der Waals surface area contributed by atoms with Crippen LogP contribution in [0.25, 0.3) is 0 Å². The Hall–Kier alpha value is -1.93. The van der Waals surface area contributed by atoms with Gasteiger partial charge in [-0.25, -0.2) is 4.39 Å². The SMILES string of the molecule is CCC(C)[C@@H](N)C(=O)Nc1ccc(F)c(C#N)c1. The maximum Gasteiger partial charge on any atom is 0.241 e. The summed E-state index contributed by atoms with van der Waals surface area (Å²) in [6.07, 6.45) is 0.793. The molecule has 0 bridgehead atoms. The summed E-state index contributed by atoms with van der Waals surface area (Å²) in [7, 11) is 0. The van der Waals surface area contributed by atoms with E-state index in [1.165, 1.54) is 12.1 Å². The summed E-state index contributed by atoms with van der Waals surface area (Å²) < 4.78 is 13.1. The molecular weight excluding hydrogens is 233 g/mol. The molecule has 1 unspecified atom stereocenters. The smallest absolute Gasteiger partial charge is 0.241 e. The molecule has 1 aromatic carbocycles. The predicted octanol–water partition coefficient (Wildman–Crippen LogP) is 2.01. The van der Waals surface area contributed by atoms with E-state index in [1.54, 1.807) is 6.07 Å². The molecule has 96 valence electrons. The summed E-state index contributed by atoms with van der Waals surface area (Å²) in [6, 6.07) is 4.92. The van der Waals surface area contributed by atoms with Gasteiger partial charge in [0.1, 0.15) is 11.9 Å². The molecule has 0 heterocycles. The van der Waals surface area contributed by atoms with E-state index in [0.29, 0.717) is 5.69 Å². The molecule has 5 heteroatoms. The van der Waals surface area contributed by atoms with Crippen LogP contribution in [0.3, 0.4) is 0 Å². The van der Waals surface area contributed by atoms with E-state index in [1.807, 2.05) is 13.8 Å². The van der Waals surface area contributed by atoms with E-state index in [2.05, 4.69) is 5.32 Å². The first-order chi connectivity index (χ1) is 8.49. The Labute approximate surface area is 106 Å². The summed E-state index contributed by atoms with van der Waals surface area (Å²) >= 11 is 0. The molecule has 3 N–H and O–H groups in total. The van der Waals surface area contributed by atoms with Crippen LogP contribution in [-0.4, -0.2) is 11.9 Å². The van der Waals surface area contributed by atoms with Crippen LogP contribution < -0.4 is 11.1 Å². The average Bonchev–Trinajstić information content (AvgIpc) is 2.38. The summed E-state index contributed by atoms with van der Waals surface area (Å²) in [5, 5.41) is 11.3. The number of anilines is 1. The van der Waals surface area contributed by atoms with Gasteiger partial charge in [-0.15, -0.1) is 0 Å². The van der Waals surface area contributed by atoms with E-state index < -0.39 is 11.9 Å². The van der Waals surface area contributed by atoms with Crippen molar-refractivity contribution in [2.75, 3.05) is 5.32 Å². The van der Waals surface area contributed by atoms with Crippen molar-refractivity contribution in [1.82, 2.24) is 0 Å². The van der Waals surface area contributed by atoms with Gasteiger partial charge in [-0.1, -0.05) is 20.3 Å². The number of carbonyl (C=O) groups excluding carboxylic acids is 1. The lowest BCUT2D eigenvalue weighted by molar-refractivity contribution is -0.118. The second-order valence-corrected chi connectivity index (χ2v) is 4.21. The van der Waals surface area contributed by atoms with Crippen LogP contribution in [0.2, 0.25) is 0 Å². The molecule has 0 radical (unpaired) electrons. The van der Waals surface area contributed by atoms with Crippen molar-refractivity contribution in [2.45, 2.75) is 26.3 Å². The molecule has 0 aliphatic heterocycles. The molecule has 0 aliphatic rings. The Bertz CT molecular complexity index is 482. The highest BCUT2D eigenvalue weighted by atomic mass is 19.1. The quantitative estimate of drug-likeness (QED) is 0.856. The lowest BCUT2D eigenvalue weighted by atomic mass is 9.99. The second-order valence-electron chi connectivity index (χ2n) is 4.21. The van der Waals surface area contributed by atoms with Crippen molar-refractivity contribution in [2.24, 2.45) is 11.7 Å². The van der Waals surface area contributed by atoms with Gasteiger partial charge in [0, 0.05) is 5.69 Å². The standard InChI is InChI=1S/C13H16FN3O/c1-3-8(2)12(16)13(18)17-10-4-5-11(14)9(6-10)7-15/h4-6,8,12H,3,16H2,1-2H3,(H,17,18)/t8?,12-/m1/s1. The number of carbonyl (C=O) groups is 1. The highest BCUT2D eigenvalue weighted by molar-refractivity contribution is 5.95. The van der Waals surface area contributed by atoms with E-state index in [0.717, 1.165) is 12.5 Å². The Balaban J connectivity index is 2.80.